The molecule has 41 heavy (non-hydrogen) atoms. The van der Waals surface area contributed by atoms with Gasteiger partial charge in [0.05, 0.1) is 0 Å². The van der Waals surface area contributed by atoms with Crippen molar-refractivity contribution in [2.75, 3.05) is 13.1 Å². The first-order valence-corrected chi connectivity index (χ1v) is 16.5. The summed E-state index contributed by atoms with van der Waals surface area (Å²) in [6, 6.07) is 21.9. The van der Waals surface area contributed by atoms with Crippen molar-refractivity contribution in [1.82, 2.24) is 4.90 Å². The lowest BCUT2D eigenvalue weighted by Gasteiger charge is -2.36. The van der Waals surface area contributed by atoms with Gasteiger partial charge in [0.25, 0.3) is 0 Å². The third-order valence-corrected chi connectivity index (χ3v) is 10.3. The summed E-state index contributed by atoms with van der Waals surface area (Å²) in [7, 11) is 0. The van der Waals surface area contributed by atoms with Crippen LogP contribution in [0.15, 0.2) is 84.2 Å². The van der Waals surface area contributed by atoms with Crippen LogP contribution >= 0.6 is 0 Å². The highest BCUT2D eigenvalue weighted by Gasteiger charge is 2.30. The lowest BCUT2D eigenvalue weighted by Crippen LogP contribution is -2.42. The molecule has 1 saturated carbocycles. The van der Waals surface area contributed by atoms with Gasteiger partial charge in [0.1, 0.15) is 5.83 Å². The Kier molecular flexibility index (Phi) is 10.9. The summed E-state index contributed by atoms with van der Waals surface area (Å²) in [5.41, 5.74) is 4.22. The molecule has 1 amide bonds. The van der Waals surface area contributed by atoms with E-state index < -0.39 is 0 Å². The van der Waals surface area contributed by atoms with Gasteiger partial charge in [-0.2, -0.15) is 0 Å². The second-order valence-corrected chi connectivity index (χ2v) is 13.1. The van der Waals surface area contributed by atoms with Crippen LogP contribution in [-0.2, 0) is 4.79 Å². The van der Waals surface area contributed by atoms with Crippen molar-refractivity contribution in [1.29, 1.82) is 0 Å². The second-order valence-electron chi connectivity index (χ2n) is 13.1. The van der Waals surface area contributed by atoms with E-state index >= 15 is 0 Å². The number of hydrogen-bond donors (Lipinski definition) is 0. The van der Waals surface area contributed by atoms with Gasteiger partial charge in [0, 0.05) is 31.3 Å². The smallest absolute Gasteiger partial charge is 0.225 e. The summed E-state index contributed by atoms with van der Waals surface area (Å²) in [5, 5.41) is 0. The van der Waals surface area contributed by atoms with E-state index in [1.165, 1.54) is 55.2 Å². The third kappa shape index (κ3) is 8.43. The molecule has 220 valence electrons. The molecule has 2 aliphatic carbocycles. The molecule has 2 aromatic rings. The van der Waals surface area contributed by atoms with Gasteiger partial charge in [0.15, 0.2) is 0 Å². The number of piperidine rings is 1. The lowest BCUT2D eigenvalue weighted by atomic mass is 9.80. The molecular weight excluding hydrogens is 505 g/mol. The zero-order valence-corrected chi connectivity index (χ0v) is 25.2. The SMILES string of the molecule is CC1CC(F)=CC=C1CCC1CCCC[C@@H](C(=O)N2CCC(CCC(c3ccccc3)c3ccccc3)CC2)CC1. The number of benzene rings is 2. The largest absolute Gasteiger partial charge is 0.342 e. The van der Waals surface area contributed by atoms with Crippen molar-refractivity contribution < 1.29 is 9.18 Å². The summed E-state index contributed by atoms with van der Waals surface area (Å²) in [6.07, 6.45) is 18.1. The third-order valence-electron chi connectivity index (χ3n) is 10.3. The summed E-state index contributed by atoms with van der Waals surface area (Å²) >= 11 is 0. The normalized spacial score (nSPS) is 24.4. The molecule has 2 unspecified atom stereocenters. The number of halogens is 1. The summed E-state index contributed by atoms with van der Waals surface area (Å²) in [4.78, 5) is 15.8. The molecule has 3 aliphatic rings. The predicted octanol–water partition coefficient (Wildman–Crippen LogP) is 10.0. The molecule has 2 fully saturated rings. The summed E-state index contributed by atoms with van der Waals surface area (Å²) in [5.74, 6) is 2.82. The van der Waals surface area contributed by atoms with Crippen molar-refractivity contribution in [3.05, 3.63) is 95.3 Å². The Morgan fingerprint density at radius 3 is 2.10 bits per heavy atom. The molecule has 0 radical (unpaired) electrons. The van der Waals surface area contributed by atoms with Crippen molar-refractivity contribution in [2.45, 2.75) is 96.3 Å². The molecule has 3 atom stereocenters. The van der Waals surface area contributed by atoms with Gasteiger partial charge in [-0.15, -0.1) is 0 Å². The fraction of sp³-hybridized carbons (Fsp3) is 0.553. The average molecular weight is 556 g/mol. The number of carbonyl (C=O) groups is 1. The van der Waals surface area contributed by atoms with Crippen LogP contribution in [0.3, 0.4) is 0 Å². The number of allylic oxidation sites excluding steroid dienone is 4. The molecule has 0 bridgehead atoms. The van der Waals surface area contributed by atoms with Gasteiger partial charge in [-0.1, -0.05) is 98.5 Å². The predicted molar refractivity (Wildman–Crippen MR) is 168 cm³/mol. The first kappa shape index (κ1) is 29.8. The molecule has 0 aromatic heterocycles. The van der Waals surface area contributed by atoms with Crippen molar-refractivity contribution in [3.8, 4) is 0 Å². The van der Waals surface area contributed by atoms with Crippen molar-refractivity contribution >= 4 is 5.91 Å². The van der Waals surface area contributed by atoms with Gasteiger partial charge < -0.3 is 4.90 Å². The van der Waals surface area contributed by atoms with Gasteiger partial charge >= 0.3 is 0 Å². The molecular formula is C38H50FNO. The number of rotatable bonds is 9. The molecule has 5 rings (SSSR count). The van der Waals surface area contributed by atoms with Gasteiger partial charge in [-0.25, -0.2) is 4.39 Å². The quantitative estimate of drug-likeness (QED) is 0.301. The fourth-order valence-electron chi connectivity index (χ4n) is 7.64. The number of amides is 1. The number of nitrogens with zero attached hydrogens (tertiary/aromatic N) is 1. The fourth-order valence-corrected chi connectivity index (χ4v) is 7.64. The van der Waals surface area contributed by atoms with Crippen molar-refractivity contribution in [2.24, 2.45) is 23.7 Å². The highest BCUT2D eigenvalue weighted by atomic mass is 19.1. The molecule has 3 heteroatoms. The van der Waals surface area contributed by atoms with E-state index in [9.17, 15) is 9.18 Å². The van der Waals surface area contributed by atoms with E-state index in [0.717, 1.165) is 51.6 Å². The molecule has 0 N–H and O–H groups in total. The number of likely N-dealkylation sites (tertiary alicyclic amines) is 1. The Hall–Kier alpha value is -2.68. The maximum atomic E-state index is 13.6. The van der Waals surface area contributed by atoms with E-state index in [2.05, 4.69) is 72.5 Å². The lowest BCUT2D eigenvalue weighted by molar-refractivity contribution is -0.137. The maximum Gasteiger partial charge on any atom is 0.225 e. The van der Waals surface area contributed by atoms with Crippen molar-refractivity contribution in [3.63, 3.8) is 0 Å². The van der Waals surface area contributed by atoms with E-state index in [1.807, 2.05) is 6.08 Å². The van der Waals surface area contributed by atoms with Crippen LogP contribution in [0, 0.1) is 23.7 Å². The molecule has 0 spiro atoms. The molecule has 1 heterocycles. The van der Waals surface area contributed by atoms with E-state index in [-0.39, 0.29) is 11.7 Å². The first-order valence-electron chi connectivity index (χ1n) is 16.5. The minimum Gasteiger partial charge on any atom is -0.342 e. The Balaban J connectivity index is 1.08. The maximum absolute atomic E-state index is 13.6. The van der Waals surface area contributed by atoms with Crippen LogP contribution in [0.1, 0.15) is 107 Å². The summed E-state index contributed by atoms with van der Waals surface area (Å²) < 4.78 is 13.6. The van der Waals surface area contributed by atoms with Gasteiger partial charge in [-0.3, -0.25) is 4.79 Å². The van der Waals surface area contributed by atoms with Crippen LogP contribution < -0.4 is 0 Å². The minimum absolute atomic E-state index is 0.0150. The molecule has 2 aromatic carbocycles. The van der Waals surface area contributed by atoms with Crippen LogP contribution in [0.25, 0.3) is 0 Å². The Labute approximate surface area is 248 Å². The van der Waals surface area contributed by atoms with Crippen LogP contribution in [0.5, 0.6) is 0 Å². The van der Waals surface area contributed by atoms with E-state index in [0.29, 0.717) is 36.0 Å². The monoisotopic (exact) mass is 555 g/mol. The van der Waals surface area contributed by atoms with E-state index in [4.69, 9.17) is 0 Å². The zero-order chi connectivity index (χ0) is 28.4. The Bertz CT molecular complexity index is 1110. The van der Waals surface area contributed by atoms with E-state index in [1.54, 1.807) is 6.08 Å². The van der Waals surface area contributed by atoms with Gasteiger partial charge in [0.2, 0.25) is 5.91 Å². The topological polar surface area (TPSA) is 20.3 Å². The highest BCUT2D eigenvalue weighted by molar-refractivity contribution is 5.78. The summed E-state index contributed by atoms with van der Waals surface area (Å²) in [6.45, 7) is 4.01. The highest BCUT2D eigenvalue weighted by Crippen LogP contribution is 2.36. The average Bonchev–Trinajstić information content (AvgIpc) is 2.99. The minimum atomic E-state index is 0.0150. The Morgan fingerprint density at radius 1 is 0.805 bits per heavy atom. The van der Waals surface area contributed by atoms with Crippen LogP contribution in [0.4, 0.5) is 4.39 Å². The second kappa shape index (κ2) is 15.0. The number of carbonyl (C=O) groups excluding carboxylic acids is 1. The first-order chi connectivity index (χ1) is 20.1. The van der Waals surface area contributed by atoms with Crippen LogP contribution in [0.2, 0.25) is 0 Å². The van der Waals surface area contributed by atoms with Crippen LogP contribution in [-0.4, -0.2) is 23.9 Å². The zero-order valence-electron chi connectivity index (χ0n) is 25.2. The molecule has 1 aliphatic heterocycles. The molecule has 1 saturated heterocycles. The van der Waals surface area contributed by atoms with Gasteiger partial charge in [-0.05, 0) is 92.7 Å². The molecule has 2 nitrogen and oxygen atoms in total. The Morgan fingerprint density at radius 2 is 1.44 bits per heavy atom. The number of hydrogen-bond acceptors (Lipinski definition) is 1. The standard InChI is InChI=1S/C38H50FNO/c1-29-28-36(39)22-21-32(29)19-16-30-10-8-9-15-35(20-17-30)38(41)40-26-24-31(25-27-40)18-23-37(33-11-4-2-5-12-33)34-13-6-3-7-14-34/h2-7,11-14,21-22,29-31,35,37H,8-10,15-20,23-28H2,1H3/t29?,30?,35-/m1/s1.